The van der Waals surface area contributed by atoms with Crippen LogP contribution in [0.15, 0.2) is 23.6 Å². The number of amides is 2. The van der Waals surface area contributed by atoms with Gasteiger partial charge in [-0.15, -0.1) is 11.3 Å². The molecule has 2 aromatic rings. The number of thiazole rings is 1. The molecule has 1 fully saturated rings. The van der Waals surface area contributed by atoms with Gasteiger partial charge in [-0.25, -0.2) is 4.98 Å². The van der Waals surface area contributed by atoms with Gasteiger partial charge in [0.05, 0.1) is 5.69 Å². The SMILES string of the molecule is CC1CC1CC(=O)Nc1nc(-c2ccc3c(c2)CCCC(=O)N3)cs1. The van der Waals surface area contributed by atoms with E-state index in [0.29, 0.717) is 29.8 Å². The Balaban J connectivity index is 1.47. The fraction of sp³-hybridized carbons (Fsp3) is 0.421. The summed E-state index contributed by atoms with van der Waals surface area (Å²) in [6.07, 6.45) is 4.06. The first-order chi connectivity index (χ1) is 12.1. The zero-order valence-corrected chi connectivity index (χ0v) is 15.0. The number of hydrogen-bond donors (Lipinski definition) is 2. The first-order valence-corrected chi connectivity index (χ1v) is 9.65. The van der Waals surface area contributed by atoms with Crippen LogP contribution in [-0.4, -0.2) is 16.8 Å². The van der Waals surface area contributed by atoms with E-state index in [0.717, 1.165) is 41.8 Å². The second-order valence-electron chi connectivity index (χ2n) is 7.04. The van der Waals surface area contributed by atoms with Crippen LogP contribution in [0, 0.1) is 11.8 Å². The molecule has 0 saturated heterocycles. The van der Waals surface area contributed by atoms with Gasteiger partial charge in [0.2, 0.25) is 11.8 Å². The molecule has 0 spiro atoms. The monoisotopic (exact) mass is 355 g/mol. The van der Waals surface area contributed by atoms with Crippen molar-refractivity contribution in [3.63, 3.8) is 0 Å². The maximum absolute atomic E-state index is 12.0. The number of rotatable bonds is 4. The minimum Gasteiger partial charge on any atom is -0.326 e. The highest BCUT2D eigenvalue weighted by Gasteiger charge is 2.34. The number of aromatic nitrogens is 1. The van der Waals surface area contributed by atoms with Gasteiger partial charge in [-0.3, -0.25) is 9.59 Å². The zero-order valence-electron chi connectivity index (χ0n) is 14.2. The number of carbonyl (C=O) groups excluding carboxylic acids is 2. The average molecular weight is 355 g/mol. The van der Waals surface area contributed by atoms with Gasteiger partial charge in [-0.05, 0) is 48.8 Å². The highest BCUT2D eigenvalue weighted by atomic mass is 32.1. The molecule has 2 heterocycles. The largest absolute Gasteiger partial charge is 0.326 e. The molecule has 1 aliphatic heterocycles. The molecule has 5 nitrogen and oxygen atoms in total. The normalized spacial score (nSPS) is 21.9. The summed E-state index contributed by atoms with van der Waals surface area (Å²) in [6, 6.07) is 6.00. The van der Waals surface area contributed by atoms with Crippen LogP contribution in [0.1, 0.15) is 38.2 Å². The third-order valence-corrected chi connectivity index (χ3v) is 5.76. The van der Waals surface area contributed by atoms with E-state index in [1.54, 1.807) is 0 Å². The van der Waals surface area contributed by atoms with Crippen molar-refractivity contribution in [1.29, 1.82) is 0 Å². The summed E-state index contributed by atoms with van der Waals surface area (Å²) in [5.74, 6) is 1.35. The van der Waals surface area contributed by atoms with Crippen LogP contribution in [0.3, 0.4) is 0 Å². The summed E-state index contributed by atoms with van der Waals surface area (Å²) in [5.41, 5.74) is 3.92. The van der Waals surface area contributed by atoms with Crippen LogP contribution in [0.4, 0.5) is 10.8 Å². The van der Waals surface area contributed by atoms with E-state index in [-0.39, 0.29) is 11.8 Å². The lowest BCUT2D eigenvalue weighted by Crippen LogP contribution is -2.12. The predicted octanol–water partition coefficient (Wildman–Crippen LogP) is 4.07. The van der Waals surface area contributed by atoms with Gasteiger partial charge in [0, 0.05) is 29.5 Å². The molecular weight excluding hydrogens is 334 g/mol. The number of aryl methyl sites for hydroxylation is 1. The second-order valence-corrected chi connectivity index (χ2v) is 7.90. The highest BCUT2D eigenvalue weighted by Crippen LogP contribution is 2.40. The Morgan fingerprint density at radius 1 is 1.40 bits per heavy atom. The third-order valence-electron chi connectivity index (χ3n) is 5.00. The highest BCUT2D eigenvalue weighted by molar-refractivity contribution is 7.14. The second kappa shape index (κ2) is 6.59. The van der Waals surface area contributed by atoms with E-state index < -0.39 is 0 Å². The van der Waals surface area contributed by atoms with Crippen molar-refractivity contribution in [3.05, 3.63) is 29.1 Å². The Kier molecular flexibility index (Phi) is 4.29. The number of nitrogens with one attached hydrogen (secondary N) is 2. The van der Waals surface area contributed by atoms with E-state index in [2.05, 4.69) is 28.6 Å². The quantitative estimate of drug-likeness (QED) is 0.868. The lowest BCUT2D eigenvalue weighted by Gasteiger charge is -2.08. The van der Waals surface area contributed by atoms with Crippen LogP contribution in [0.5, 0.6) is 0 Å². The predicted molar refractivity (Wildman–Crippen MR) is 99.6 cm³/mol. The topological polar surface area (TPSA) is 71.1 Å². The first kappa shape index (κ1) is 16.3. The Bertz CT molecular complexity index is 830. The lowest BCUT2D eigenvalue weighted by molar-refractivity contribution is -0.117. The van der Waals surface area contributed by atoms with Gasteiger partial charge in [-0.1, -0.05) is 13.0 Å². The zero-order chi connectivity index (χ0) is 17.4. The molecular formula is C19H21N3O2S. The molecule has 4 rings (SSSR count). The van der Waals surface area contributed by atoms with Crippen molar-refractivity contribution >= 4 is 34.0 Å². The average Bonchev–Trinajstić information content (AvgIpc) is 3.12. The molecule has 130 valence electrons. The summed E-state index contributed by atoms with van der Waals surface area (Å²) in [6.45, 7) is 2.18. The fourth-order valence-corrected chi connectivity index (χ4v) is 4.03. The molecule has 1 aromatic carbocycles. The van der Waals surface area contributed by atoms with Gasteiger partial charge >= 0.3 is 0 Å². The molecule has 1 aliphatic carbocycles. The number of hydrogen-bond acceptors (Lipinski definition) is 4. The van der Waals surface area contributed by atoms with Gasteiger partial charge in [-0.2, -0.15) is 0 Å². The van der Waals surface area contributed by atoms with Gasteiger partial charge in [0.25, 0.3) is 0 Å². The van der Waals surface area contributed by atoms with Crippen LogP contribution < -0.4 is 10.6 Å². The third kappa shape index (κ3) is 3.74. The van der Waals surface area contributed by atoms with Crippen molar-refractivity contribution in [1.82, 2.24) is 4.98 Å². The molecule has 2 amide bonds. The molecule has 25 heavy (non-hydrogen) atoms. The molecule has 0 bridgehead atoms. The van der Waals surface area contributed by atoms with E-state index >= 15 is 0 Å². The number of nitrogens with zero attached hydrogens (tertiary/aromatic N) is 1. The molecule has 0 radical (unpaired) electrons. The van der Waals surface area contributed by atoms with Crippen molar-refractivity contribution in [2.75, 3.05) is 10.6 Å². The van der Waals surface area contributed by atoms with E-state index in [9.17, 15) is 9.59 Å². The van der Waals surface area contributed by atoms with Crippen LogP contribution >= 0.6 is 11.3 Å². The van der Waals surface area contributed by atoms with Crippen molar-refractivity contribution in [2.45, 2.75) is 39.0 Å². The minimum absolute atomic E-state index is 0.0555. The molecule has 1 saturated carbocycles. The molecule has 1 aromatic heterocycles. The molecule has 2 N–H and O–H groups in total. The summed E-state index contributed by atoms with van der Waals surface area (Å²) in [4.78, 5) is 28.2. The minimum atomic E-state index is 0.0555. The Labute approximate surface area is 150 Å². The molecule has 2 aliphatic rings. The summed E-state index contributed by atoms with van der Waals surface area (Å²) in [5, 5.41) is 8.47. The van der Waals surface area contributed by atoms with E-state index in [1.807, 2.05) is 17.5 Å². The molecule has 2 unspecified atom stereocenters. The van der Waals surface area contributed by atoms with Crippen molar-refractivity contribution in [2.24, 2.45) is 11.8 Å². The Hall–Kier alpha value is -2.21. The summed E-state index contributed by atoms with van der Waals surface area (Å²) in [7, 11) is 0. The van der Waals surface area contributed by atoms with Crippen molar-refractivity contribution < 1.29 is 9.59 Å². The van der Waals surface area contributed by atoms with Crippen LogP contribution in [0.25, 0.3) is 11.3 Å². The van der Waals surface area contributed by atoms with Gasteiger partial charge < -0.3 is 10.6 Å². The van der Waals surface area contributed by atoms with Crippen molar-refractivity contribution in [3.8, 4) is 11.3 Å². The fourth-order valence-electron chi connectivity index (χ4n) is 3.29. The first-order valence-electron chi connectivity index (χ1n) is 8.77. The number of fused-ring (bicyclic) bond motifs is 1. The molecule has 2 atom stereocenters. The van der Waals surface area contributed by atoms with Crippen LogP contribution in [0.2, 0.25) is 0 Å². The van der Waals surface area contributed by atoms with E-state index in [1.165, 1.54) is 11.3 Å². The summed E-state index contributed by atoms with van der Waals surface area (Å²) < 4.78 is 0. The van der Waals surface area contributed by atoms with Crippen LogP contribution in [-0.2, 0) is 16.0 Å². The standard InChI is InChI=1S/C19H21N3O2S/c1-11-7-14(11)9-18(24)22-19-21-16(10-25-19)13-5-6-15-12(8-13)3-2-4-17(23)20-15/h5-6,8,10-11,14H,2-4,7,9H2,1H3,(H,20,23)(H,21,22,24). The number of benzene rings is 1. The Morgan fingerprint density at radius 3 is 3.04 bits per heavy atom. The van der Waals surface area contributed by atoms with Gasteiger partial charge in [0.15, 0.2) is 5.13 Å². The number of anilines is 2. The smallest absolute Gasteiger partial charge is 0.226 e. The van der Waals surface area contributed by atoms with Gasteiger partial charge in [0.1, 0.15) is 0 Å². The number of carbonyl (C=O) groups is 2. The summed E-state index contributed by atoms with van der Waals surface area (Å²) >= 11 is 1.45. The molecule has 6 heteroatoms. The lowest BCUT2D eigenvalue weighted by atomic mass is 10.0. The Morgan fingerprint density at radius 2 is 2.24 bits per heavy atom. The maximum atomic E-state index is 12.0. The van der Waals surface area contributed by atoms with E-state index in [4.69, 9.17) is 0 Å². The maximum Gasteiger partial charge on any atom is 0.226 e.